The van der Waals surface area contributed by atoms with E-state index in [-0.39, 0.29) is 21.1 Å². The molecular weight excluding hydrogens is 780 g/mol. The first-order valence-electron chi connectivity index (χ1n) is 16.3. The zero-order chi connectivity index (χ0) is 30.7. The number of benzene rings is 2. The van der Waals surface area contributed by atoms with Crippen LogP contribution in [0.15, 0.2) is 72.9 Å². The largest absolute Gasteiger partial charge is 0.420 e. The van der Waals surface area contributed by atoms with Gasteiger partial charge in [0, 0.05) is 47.5 Å². The molecule has 0 aliphatic carbocycles. The van der Waals surface area contributed by atoms with E-state index in [1.165, 1.54) is 61.0 Å². The molecular formula is C34H60O4PtSi4. The summed E-state index contributed by atoms with van der Waals surface area (Å²) >= 11 is 0. The molecule has 0 bridgehead atoms. The van der Waals surface area contributed by atoms with Crippen molar-refractivity contribution in [3.8, 4) is 0 Å². The summed E-state index contributed by atoms with van der Waals surface area (Å²) < 4.78 is 23.6. The van der Waals surface area contributed by atoms with Crippen molar-refractivity contribution in [2.75, 3.05) is 26.4 Å². The Bertz CT molecular complexity index is 967. The van der Waals surface area contributed by atoms with Crippen LogP contribution in [0.3, 0.4) is 0 Å². The van der Waals surface area contributed by atoms with Crippen molar-refractivity contribution in [1.29, 1.82) is 0 Å². The van der Waals surface area contributed by atoms with Crippen LogP contribution in [0.1, 0.15) is 36.8 Å². The van der Waals surface area contributed by atoms with Crippen LogP contribution in [-0.4, -0.2) is 60.4 Å². The van der Waals surface area contributed by atoms with Crippen LogP contribution in [0.5, 0.6) is 0 Å². The molecule has 2 heterocycles. The zero-order valence-electron chi connectivity index (χ0n) is 28.0. The van der Waals surface area contributed by atoms with Crippen molar-refractivity contribution in [1.82, 2.24) is 0 Å². The van der Waals surface area contributed by atoms with E-state index in [1.54, 1.807) is 0 Å². The molecule has 2 aliphatic rings. The summed E-state index contributed by atoms with van der Waals surface area (Å²) in [5.74, 6) is 0. The maximum Gasteiger partial charge on any atom is 0.210 e. The molecule has 4 rings (SSSR count). The molecule has 43 heavy (non-hydrogen) atoms. The predicted octanol–water partition coefficient (Wildman–Crippen LogP) is 9.16. The first-order valence-corrected chi connectivity index (χ1v) is 27.6. The molecule has 2 aliphatic heterocycles. The van der Waals surface area contributed by atoms with Crippen molar-refractivity contribution in [2.45, 2.75) is 102 Å². The summed E-state index contributed by atoms with van der Waals surface area (Å²) in [7, 11) is -5.09. The maximum atomic E-state index is 6.28. The molecule has 9 heteroatoms. The number of hydrogen-bond acceptors (Lipinski definition) is 4. The first-order chi connectivity index (χ1) is 20.0. The summed E-state index contributed by atoms with van der Waals surface area (Å²) in [5, 5.41) is 0. The second kappa shape index (κ2) is 22.2. The van der Waals surface area contributed by atoms with Gasteiger partial charge in [0.25, 0.3) is 0 Å². The Balaban J connectivity index is 0.000000361. The minimum atomic E-state index is -1.57. The Morgan fingerprint density at radius 1 is 0.837 bits per heavy atom. The SMILES string of the molecule is C=C[Si](C)(C)OCCc1ccccc1.C[SiH]1CCCCO1.C[Si](C)(CC[Si]1(C)CCCCO1)OCCc1ccccc1.[Pt]. The van der Waals surface area contributed by atoms with Crippen molar-refractivity contribution in [2.24, 2.45) is 0 Å². The Morgan fingerprint density at radius 3 is 1.84 bits per heavy atom. The topological polar surface area (TPSA) is 36.9 Å². The third-order valence-corrected chi connectivity index (χ3v) is 18.7. The van der Waals surface area contributed by atoms with Crippen LogP contribution in [0.4, 0.5) is 0 Å². The molecule has 0 radical (unpaired) electrons. The smallest absolute Gasteiger partial charge is 0.210 e. The summed E-state index contributed by atoms with van der Waals surface area (Å²) in [6.45, 7) is 21.2. The second-order valence-electron chi connectivity index (χ2n) is 13.2. The van der Waals surface area contributed by atoms with Gasteiger partial charge >= 0.3 is 0 Å². The molecule has 0 spiro atoms. The van der Waals surface area contributed by atoms with E-state index in [0.717, 1.165) is 39.3 Å². The third-order valence-electron chi connectivity index (χ3n) is 8.14. The Morgan fingerprint density at radius 2 is 1.40 bits per heavy atom. The van der Waals surface area contributed by atoms with Gasteiger partial charge in [-0.3, -0.25) is 0 Å². The van der Waals surface area contributed by atoms with E-state index < -0.39 is 34.0 Å². The van der Waals surface area contributed by atoms with Gasteiger partial charge < -0.3 is 17.7 Å². The summed E-state index contributed by atoms with van der Waals surface area (Å²) in [6.07, 6.45) is 7.38. The average molecular weight is 840 g/mol. The van der Waals surface area contributed by atoms with E-state index >= 15 is 0 Å². The van der Waals surface area contributed by atoms with Crippen molar-refractivity contribution in [3.05, 3.63) is 84.1 Å². The van der Waals surface area contributed by atoms with Crippen molar-refractivity contribution >= 4 is 34.0 Å². The molecule has 246 valence electrons. The molecule has 0 aromatic heterocycles. The van der Waals surface area contributed by atoms with E-state index in [9.17, 15) is 0 Å². The van der Waals surface area contributed by atoms with Crippen LogP contribution < -0.4 is 0 Å². The second-order valence-corrected chi connectivity index (χ2v) is 28.1. The Hall–Kier alpha value is -0.424. The fraction of sp³-hybridized carbons (Fsp3) is 0.588. The maximum absolute atomic E-state index is 6.28. The molecule has 4 nitrogen and oxygen atoms in total. The molecule has 2 aromatic carbocycles. The fourth-order valence-corrected chi connectivity index (χ4v) is 14.8. The van der Waals surface area contributed by atoms with Gasteiger partial charge in [0.1, 0.15) is 0 Å². The van der Waals surface area contributed by atoms with Gasteiger partial charge in [-0.1, -0.05) is 79.2 Å². The van der Waals surface area contributed by atoms with E-state index in [0.29, 0.717) is 0 Å². The molecule has 2 aromatic rings. The minimum absolute atomic E-state index is 0. The number of rotatable bonds is 12. The van der Waals surface area contributed by atoms with Crippen LogP contribution in [-0.2, 0) is 51.6 Å². The monoisotopic (exact) mass is 839 g/mol. The predicted molar refractivity (Wildman–Crippen MR) is 192 cm³/mol. The van der Waals surface area contributed by atoms with Crippen LogP contribution in [0.2, 0.25) is 63.5 Å². The van der Waals surface area contributed by atoms with Gasteiger partial charge in [-0.25, -0.2) is 0 Å². The average Bonchev–Trinajstić information content (AvgIpc) is 2.99. The number of hydrogen-bond donors (Lipinski definition) is 0. The van der Waals surface area contributed by atoms with Crippen LogP contribution in [0, 0.1) is 0 Å². The normalized spacial score (nSPS) is 20.4. The standard InChI is InChI=1S/C17H30O2Si2.C12H18OSi.C5H12OSi.Pt/c1-20(2,15-16-21(3)14-8-7-12-19-21)18-13-11-17-9-5-4-6-10-17;1-4-14(2,3)13-11-10-12-8-6-5-7-9-12;1-7-5-3-2-4-6-7;/h4-6,9-10H,7-8,11-16H2,1-3H3;4-9H,1,10-11H2,2-3H3;7H,2-5H2,1H3;. The molecule has 2 saturated heterocycles. The van der Waals surface area contributed by atoms with Gasteiger partial charge in [-0.15, -0.1) is 6.58 Å². The quantitative estimate of drug-likeness (QED) is 0.200. The van der Waals surface area contributed by atoms with Gasteiger partial charge in [-0.05, 0) is 100 Å². The van der Waals surface area contributed by atoms with Gasteiger partial charge in [-0.2, -0.15) is 0 Å². The Labute approximate surface area is 283 Å². The summed E-state index contributed by atoms with van der Waals surface area (Å²) in [6, 6.07) is 26.3. The summed E-state index contributed by atoms with van der Waals surface area (Å²) in [4.78, 5) is 0. The van der Waals surface area contributed by atoms with Gasteiger partial charge in [0.05, 0.1) is 0 Å². The molecule has 0 saturated carbocycles. The molecule has 0 amide bonds. The van der Waals surface area contributed by atoms with E-state index in [2.05, 4.69) is 100 Å². The fourth-order valence-electron chi connectivity index (χ4n) is 4.95. The van der Waals surface area contributed by atoms with E-state index in [1.807, 2.05) is 11.8 Å². The zero-order valence-corrected chi connectivity index (χ0v) is 34.4. The molecule has 2 unspecified atom stereocenters. The van der Waals surface area contributed by atoms with Crippen LogP contribution >= 0.6 is 0 Å². The minimum Gasteiger partial charge on any atom is -0.420 e. The van der Waals surface area contributed by atoms with E-state index in [4.69, 9.17) is 17.7 Å². The first kappa shape index (κ1) is 40.6. The van der Waals surface area contributed by atoms with Gasteiger partial charge in [0.15, 0.2) is 25.7 Å². The van der Waals surface area contributed by atoms with Crippen molar-refractivity contribution in [3.63, 3.8) is 0 Å². The molecule has 2 fully saturated rings. The van der Waals surface area contributed by atoms with Crippen LogP contribution in [0.25, 0.3) is 0 Å². The summed E-state index contributed by atoms with van der Waals surface area (Å²) in [5.41, 5.74) is 4.68. The van der Waals surface area contributed by atoms with Crippen molar-refractivity contribution < 1.29 is 38.8 Å². The molecule has 0 N–H and O–H groups in total. The van der Waals surface area contributed by atoms with Gasteiger partial charge in [0.2, 0.25) is 8.32 Å². The molecule has 2 atom stereocenters. The Kier molecular flexibility index (Phi) is 20.9. The third kappa shape index (κ3) is 19.6.